The van der Waals surface area contributed by atoms with Crippen molar-refractivity contribution in [3.05, 3.63) is 64.1 Å². The number of hydrogen-bond donors (Lipinski definition) is 1. The quantitative estimate of drug-likeness (QED) is 0.446. The Morgan fingerprint density at radius 3 is 2.55 bits per heavy atom. The lowest BCUT2D eigenvalue weighted by Crippen LogP contribution is -2.28. The van der Waals surface area contributed by atoms with Gasteiger partial charge in [-0.25, -0.2) is 0 Å². The fourth-order valence-corrected chi connectivity index (χ4v) is 3.33. The molecule has 0 unspecified atom stereocenters. The largest absolute Gasteiger partial charge is 0.493 e. The lowest BCUT2D eigenvalue weighted by atomic mass is 10.00. The van der Waals surface area contributed by atoms with E-state index in [2.05, 4.69) is 10.5 Å². The molecule has 2 aromatic carbocycles. The molecule has 1 aliphatic rings. The first kappa shape index (κ1) is 20.3. The van der Waals surface area contributed by atoms with Crippen LogP contribution >= 0.6 is 0 Å². The van der Waals surface area contributed by atoms with Crippen LogP contribution in [-0.4, -0.2) is 30.2 Å². The van der Waals surface area contributed by atoms with E-state index in [1.54, 1.807) is 24.3 Å². The summed E-state index contributed by atoms with van der Waals surface area (Å²) in [4.78, 5) is 23.0. The van der Waals surface area contributed by atoms with Crippen molar-refractivity contribution in [1.29, 1.82) is 0 Å². The zero-order chi connectivity index (χ0) is 22.2. The van der Waals surface area contributed by atoms with Crippen molar-refractivity contribution in [2.75, 3.05) is 19.5 Å². The van der Waals surface area contributed by atoms with Crippen LogP contribution in [0.2, 0.25) is 0 Å². The molecular formula is C21H18FN3O6. The highest BCUT2D eigenvalue weighted by atomic mass is 19.1. The predicted octanol–water partition coefficient (Wildman–Crippen LogP) is 4.08. The molecule has 9 nitrogen and oxygen atoms in total. The Morgan fingerprint density at radius 1 is 1.16 bits per heavy atom. The molecule has 0 aliphatic heterocycles. The van der Waals surface area contributed by atoms with E-state index in [1.165, 1.54) is 20.3 Å². The van der Waals surface area contributed by atoms with Gasteiger partial charge in [0.1, 0.15) is 0 Å². The lowest BCUT2D eigenvalue weighted by molar-refractivity contribution is -0.387. The molecule has 1 aromatic heterocycles. The van der Waals surface area contributed by atoms with Crippen LogP contribution in [0.4, 0.5) is 15.8 Å². The molecule has 1 amide bonds. The molecule has 4 rings (SSSR count). The van der Waals surface area contributed by atoms with Gasteiger partial charge in [-0.3, -0.25) is 14.9 Å². The minimum atomic E-state index is -0.972. The van der Waals surface area contributed by atoms with Crippen LogP contribution in [0.1, 0.15) is 18.5 Å². The molecule has 0 saturated heterocycles. The van der Waals surface area contributed by atoms with Crippen LogP contribution in [0.3, 0.4) is 0 Å². The summed E-state index contributed by atoms with van der Waals surface area (Å²) in [5.41, 5.74) is -0.331. The molecule has 0 atom stereocenters. The van der Waals surface area contributed by atoms with Crippen molar-refractivity contribution in [2.45, 2.75) is 18.3 Å². The fourth-order valence-electron chi connectivity index (χ4n) is 3.33. The second-order valence-corrected chi connectivity index (χ2v) is 7.11. The Bertz CT molecular complexity index is 1170. The summed E-state index contributed by atoms with van der Waals surface area (Å²) in [5.74, 6) is 0.181. The summed E-state index contributed by atoms with van der Waals surface area (Å²) in [5, 5.41) is 17.6. The first-order valence-corrected chi connectivity index (χ1v) is 9.33. The standard InChI is InChI=1S/C21H18FN3O6/c1-29-16-6-3-12(9-18(16)30-2)17-11-19(24-31-17)21(7-8-21)20(26)23-13-4-5-14(22)15(10-13)25(27)28/h3-6,9-11H,7-8H2,1-2H3,(H,23,26). The van der Waals surface area contributed by atoms with E-state index in [4.69, 9.17) is 14.0 Å². The number of nitrogens with zero attached hydrogens (tertiary/aromatic N) is 2. The number of methoxy groups -OCH3 is 2. The molecule has 0 radical (unpaired) electrons. The fraction of sp³-hybridized carbons (Fsp3) is 0.238. The number of nitro benzene ring substituents is 1. The van der Waals surface area contributed by atoms with Crippen LogP contribution in [0, 0.1) is 15.9 Å². The number of carbonyl (C=O) groups is 1. The summed E-state index contributed by atoms with van der Waals surface area (Å²) in [6.07, 6.45) is 1.08. The summed E-state index contributed by atoms with van der Waals surface area (Å²) in [6, 6.07) is 10.1. The molecule has 3 aromatic rings. The van der Waals surface area contributed by atoms with Crippen LogP contribution in [0.15, 0.2) is 47.0 Å². The van der Waals surface area contributed by atoms with E-state index in [0.29, 0.717) is 41.4 Å². The van der Waals surface area contributed by atoms with Gasteiger partial charge in [-0.05, 0) is 43.2 Å². The molecule has 31 heavy (non-hydrogen) atoms. The third kappa shape index (κ3) is 3.67. The maximum absolute atomic E-state index is 13.5. The van der Waals surface area contributed by atoms with Crippen molar-refractivity contribution in [2.24, 2.45) is 0 Å². The second kappa shape index (κ2) is 7.71. The van der Waals surface area contributed by atoms with Crippen molar-refractivity contribution >= 4 is 17.3 Å². The van der Waals surface area contributed by atoms with Gasteiger partial charge >= 0.3 is 5.69 Å². The Kier molecular flexibility index (Phi) is 5.05. The third-order valence-electron chi connectivity index (χ3n) is 5.25. The van der Waals surface area contributed by atoms with Crippen LogP contribution in [0.5, 0.6) is 11.5 Å². The van der Waals surface area contributed by atoms with Crippen LogP contribution < -0.4 is 14.8 Å². The van der Waals surface area contributed by atoms with Crippen molar-refractivity contribution in [1.82, 2.24) is 5.16 Å². The lowest BCUT2D eigenvalue weighted by Gasteiger charge is -2.12. The Morgan fingerprint density at radius 2 is 1.90 bits per heavy atom. The van der Waals surface area contributed by atoms with Gasteiger partial charge in [0, 0.05) is 23.4 Å². The Hall–Kier alpha value is -3.95. The smallest absolute Gasteiger partial charge is 0.306 e. The van der Waals surface area contributed by atoms with E-state index in [1.807, 2.05) is 0 Å². The molecule has 1 aliphatic carbocycles. The summed E-state index contributed by atoms with van der Waals surface area (Å²) < 4.78 is 29.5. The summed E-state index contributed by atoms with van der Waals surface area (Å²) in [7, 11) is 3.06. The number of aromatic nitrogens is 1. The van der Waals surface area contributed by atoms with E-state index < -0.39 is 21.8 Å². The summed E-state index contributed by atoms with van der Waals surface area (Å²) >= 11 is 0. The van der Waals surface area contributed by atoms with Gasteiger partial charge in [-0.15, -0.1) is 0 Å². The van der Waals surface area contributed by atoms with Gasteiger partial charge in [-0.1, -0.05) is 5.16 Å². The zero-order valence-corrected chi connectivity index (χ0v) is 16.7. The van der Waals surface area contributed by atoms with Crippen LogP contribution in [0.25, 0.3) is 11.3 Å². The number of ether oxygens (including phenoxy) is 2. The molecule has 1 heterocycles. The molecule has 1 N–H and O–H groups in total. The number of anilines is 1. The van der Waals surface area contributed by atoms with Gasteiger partial charge in [0.25, 0.3) is 0 Å². The second-order valence-electron chi connectivity index (χ2n) is 7.11. The molecule has 10 heteroatoms. The number of nitrogens with one attached hydrogen (secondary N) is 1. The maximum atomic E-state index is 13.5. The van der Waals surface area contributed by atoms with Gasteiger partial charge in [0.2, 0.25) is 11.7 Å². The Labute approximate surface area is 175 Å². The van der Waals surface area contributed by atoms with Gasteiger partial charge in [-0.2, -0.15) is 4.39 Å². The van der Waals surface area contributed by atoms with Gasteiger partial charge in [0.05, 0.1) is 30.3 Å². The highest BCUT2D eigenvalue weighted by molar-refractivity contribution is 6.01. The number of amides is 1. The van der Waals surface area contributed by atoms with Gasteiger partial charge < -0.3 is 19.3 Å². The molecule has 0 spiro atoms. The number of carbonyl (C=O) groups excluding carboxylic acids is 1. The van der Waals surface area contributed by atoms with Crippen LogP contribution in [-0.2, 0) is 10.2 Å². The number of halogens is 1. The zero-order valence-electron chi connectivity index (χ0n) is 16.7. The number of benzene rings is 2. The highest BCUT2D eigenvalue weighted by Gasteiger charge is 2.54. The molecule has 1 saturated carbocycles. The van der Waals surface area contributed by atoms with E-state index in [0.717, 1.165) is 12.1 Å². The topological polar surface area (TPSA) is 117 Å². The van der Waals surface area contributed by atoms with E-state index >= 15 is 0 Å². The molecule has 0 bridgehead atoms. The highest BCUT2D eigenvalue weighted by Crippen LogP contribution is 2.49. The number of rotatable bonds is 7. The first-order valence-electron chi connectivity index (χ1n) is 9.33. The molecular weight excluding hydrogens is 409 g/mol. The summed E-state index contributed by atoms with van der Waals surface area (Å²) in [6.45, 7) is 0. The molecule has 160 valence electrons. The average Bonchev–Trinajstić information content (AvgIpc) is 3.44. The SMILES string of the molecule is COc1ccc(-c2cc(C3(C(=O)Nc4ccc(F)c([N+](=O)[O-])c4)CC3)no2)cc1OC. The van der Waals surface area contributed by atoms with Crippen molar-refractivity contribution in [3.8, 4) is 22.8 Å². The number of nitro groups is 1. The average molecular weight is 427 g/mol. The maximum Gasteiger partial charge on any atom is 0.306 e. The van der Waals surface area contributed by atoms with Gasteiger partial charge in [0.15, 0.2) is 17.3 Å². The predicted molar refractivity (Wildman–Crippen MR) is 108 cm³/mol. The third-order valence-corrected chi connectivity index (χ3v) is 5.25. The van der Waals surface area contributed by atoms with E-state index in [9.17, 15) is 19.3 Å². The minimum Gasteiger partial charge on any atom is -0.493 e. The first-order chi connectivity index (χ1) is 14.9. The van der Waals surface area contributed by atoms with E-state index in [-0.39, 0.29) is 11.6 Å². The van der Waals surface area contributed by atoms with Crippen molar-refractivity contribution in [3.63, 3.8) is 0 Å². The monoisotopic (exact) mass is 427 g/mol. The number of hydrogen-bond acceptors (Lipinski definition) is 7. The van der Waals surface area contributed by atoms with Crippen molar-refractivity contribution < 1.29 is 28.1 Å². The molecule has 1 fully saturated rings. The minimum absolute atomic E-state index is 0.132. The Balaban J connectivity index is 1.57. The normalized spacial score (nSPS) is 14.0.